The van der Waals surface area contributed by atoms with E-state index in [1.54, 1.807) is 14.2 Å². The van der Waals surface area contributed by atoms with Crippen molar-refractivity contribution >= 4 is 5.91 Å². The fourth-order valence-corrected chi connectivity index (χ4v) is 4.86. The summed E-state index contributed by atoms with van der Waals surface area (Å²) in [6.07, 6.45) is 4.15. The van der Waals surface area contributed by atoms with Gasteiger partial charge in [0.15, 0.2) is 11.5 Å². The topological polar surface area (TPSA) is 50.8 Å². The monoisotopic (exact) mass is 394 g/mol. The molecule has 2 aromatic carbocycles. The third kappa shape index (κ3) is 3.84. The number of benzene rings is 2. The van der Waals surface area contributed by atoms with Crippen LogP contribution in [0.4, 0.5) is 0 Å². The molecule has 1 N–H and O–H groups in total. The van der Waals surface area contributed by atoms with Crippen LogP contribution in [0.2, 0.25) is 0 Å². The first-order valence-corrected chi connectivity index (χ1v) is 10.5. The van der Waals surface area contributed by atoms with E-state index in [-0.39, 0.29) is 5.91 Å². The van der Waals surface area contributed by atoms with Crippen molar-refractivity contribution in [1.29, 1.82) is 0 Å². The van der Waals surface area contributed by atoms with E-state index in [0.717, 1.165) is 61.4 Å². The average Bonchev–Trinajstić information content (AvgIpc) is 3.18. The van der Waals surface area contributed by atoms with E-state index >= 15 is 0 Å². The molecule has 1 atom stereocenters. The van der Waals surface area contributed by atoms with Crippen molar-refractivity contribution in [1.82, 2.24) is 10.2 Å². The highest BCUT2D eigenvalue weighted by atomic mass is 16.5. The normalized spacial score (nSPS) is 17.7. The highest BCUT2D eigenvalue weighted by Gasteiger charge is 2.36. The Balaban J connectivity index is 1.37. The van der Waals surface area contributed by atoms with Gasteiger partial charge < -0.3 is 14.8 Å². The van der Waals surface area contributed by atoms with Crippen molar-refractivity contribution in [3.8, 4) is 11.5 Å². The zero-order valence-electron chi connectivity index (χ0n) is 17.6. The molecule has 0 saturated heterocycles. The Bertz CT molecular complexity index is 909. The lowest BCUT2D eigenvalue weighted by atomic mass is 9.92. The number of rotatable bonds is 7. The van der Waals surface area contributed by atoms with Crippen LogP contribution in [0.5, 0.6) is 11.5 Å². The maximum absolute atomic E-state index is 12.3. The number of ether oxygens (including phenoxy) is 2. The van der Waals surface area contributed by atoms with Crippen molar-refractivity contribution in [2.24, 2.45) is 0 Å². The molecule has 1 amide bonds. The predicted molar refractivity (Wildman–Crippen MR) is 114 cm³/mol. The molecule has 1 unspecified atom stereocenters. The number of nitrogens with one attached hydrogen (secondary N) is 1. The van der Waals surface area contributed by atoms with Gasteiger partial charge in [0.1, 0.15) is 0 Å². The summed E-state index contributed by atoms with van der Waals surface area (Å²) in [6.45, 7) is 4.75. The maximum Gasteiger partial charge on any atom is 0.251 e. The molecule has 0 bridgehead atoms. The zero-order chi connectivity index (χ0) is 20.4. The van der Waals surface area contributed by atoms with Gasteiger partial charge in [-0.15, -0.1) is 0 Å². The molecule has 0 aromatic heterocycles. The highest BCUT2D eigenvalue weighted by Crippen LogP contribution is 2.48. The molecule has 0 radical (unpaired) electrons. The largest absolute Gasteiger partial charge is 0.493 e. The molecule has 154 valence electrons. The number of carbonyl (C=O) groups excluding carboxylic acids is 1. The highest BCUT2D eigenvalue weighted by molar-refractivity contribution is 5.94. The van der Waals surface area contributed by atoms with Crippen LogP contribution in [0.3, 0.4) is 0 Å². The molecule has 5 heteroatoms. The van der Waals surface area contributed by atoms with Gasteiger partial charge in [-0.05, 0) is 61.9 Å². The molecule has 2 aliphatic rings. The van der Waals surface area contributed by atoms with E-state index in [0.29, 0.717) is 12.6 Å². The fraction of sp³-hybridized carbons (Fsp3) is 0.458. The second-order valence-electron chi connectivity index (χ2n) is 7.98. The van der Waals surface area contributed by atoms with E-state index in [1.807, 2.05) is 31.2 Å². The zero-order valence-corrected chi connectivity index (χ0v) is 17.6. The molecule has 29 heavy (non-hydrogen) atoms. The molecule has 0 saturated carbocycles. The van der Waals surface area contributed by atoms with Crippen LogP contribution >= 0.6 is 0 Å². The SMILES string of the molecule is COc1cc2c3c(c1OC)CCC3N(CCCNC(=O)c1cccc(C)c1)CC2. The molecule has 0 spiro atoms. The van der Waals surface area contributed by atoms with Crippen molar-refractivity contribution in [3.05, 3.63) is 58.1 Å². The lowest BCUT2D eigenvalue weighted by Crippen LogP contribution is -2.36. The van der Waals surface area contributed by atoms with Crippen molar-refractivity contribution < 1.29 is 14.3 Å². The Morgan fingerprint density at radius 2 is 2.07 bits per heavy atom. The molecular formula is C24H30N2O3. The molecule has 5 nitrogen and oxygen atoms in total. The van der Waals surface area contributed by atoms with Crippen molar-refractivity contribution in [2.45, 2.75) is 38.6 Å². The average molecular weight is 395 g/mol. The number of nitrogens with zero attached hydrogens (tertiary/aromatic N) is 1. The van der Waals surface area contributed by atoms with E-state index in [4.69, 9.17) is 9.47 Å². The van der Waals surface area contributed by atoms with Crippen LogP contribution < -0.4 is 14.8 Å². The summed E-state index contributed by atoms with van der Waals surface area (Å²) in [5.41, 5.74) is 6.03. The quantitative estimate of drug-likeness (QED) is 0.728. The van der Waals surface area contributed by atoms with Gasteiger partial charge in [-0.1, -0.05) is 17.7 Å². The van der Waals surface area contributed by atoms with Crippen LogP contribution in [0.25, 0.3) is 0 Å². The summed E-state index contributed by atoms with van der Waals surface area (Å²) in [4.78, 5) is 14.9. The fourth-order valence-electron chi connectivity index (χ4n) is 4.86. The minimum absolute atomic E-state index is 0.0117. The maximum atomic E-state index is 12.3. The minimum atomic E-state index is 0.0117. The Morgan fingerprint density at radius 1 is 1.21 bits per heavy atom. The summed E-state index contributed by atoms with van der Waals surface area (Å²) >= 11 is 0. The van der Waals surface area contributed by atoms with Crippen LogP contribution in [0, 0.1) is 6.92 Å². The molecule has 4 rings (SSSR count). The van der Waals surface area contributed by atoms with Crippen LogP contribution in [0.15, 0.2) is 30.3 Å². The second kappa shape index (κ2) is 8.46. The van der Waals surface area contributed by atoms with Gasteiger partial charge >= 0.3 is 0 Å². The van der Waals surface area contributed by atoms with E-state index in [2.05, 4.69) is 16.3 Å². The van der Waals surface area contributed by atoms with Gasteiger partial charge in [0, 0.05) is 36.8 Å². The summed E-state index contributed by atoms with van der Waals surface area (Å²) in [5.74, 6) is 1.77. The van der Waals surface area contributed by atoms with Gasteiger partial charge in [-0.3, -0.25) is 9.69 Å². The third-order valence-corrected chi connectivity index (χ3v) is 6.20. The number of hydrogen-bond donors (Lipinski definition) is 1. The van der Waals surface area contributed by atoms with Gasteiger partial charge in [0.05, 0.1) is 14.2 Å². The second-order valence-corrected chi connectivity index (χ2v) is 7.98. The standard InChI is InChI=1S/C24H30N2O3/c1-16-6-4-7-18(14-16)24(27)25-11-5-12-26-13-10-17-15-21(28-2)23(29-3)19-8-9-20(26)22(17)19/h4,6-7,14-15,20H,5,8-13H2,1-3H3,(H,25,27). The molecular weight excluding hydrogens is 364 g/mol. The van der Waals surface area contributed by atoms with Gasteiger partial charge in [0.2, 0.25) is 0 Å². The number of carbonyl (C=O) groups is 1. The van der Waals surface area contributed by atoms with E-state index in [9.17, 15) is 4.79 Å². The summed E-state index contributed by atoms with van der Waals surface area (Å²) < 4.78 is 11.2. The Kier molecular flexibility index (Phi) is 5.76. The Hall–Kier alpha value is -2.53. The van der Waals surface area contributed by atoms with Gasteiger partial charge in [0.25, 0.3) is 5.91 Å². The smallest absolute Gasteiger partial charge is 0.251 e. The summed E-state index contributed by atoms with van der Waals surface area (Å²) in [6, 6.07) is 10.3. The molecule has 0 fully saturated rings. The molecule has 1 aliphatic heterocycles. The Labute approximate surface area is 173 Å². The predicted octanol–water partition coefficient (Wildman–Crippen LogP) is 3.68. The van der Waals surface area contributed by atoms with E-state index in [1.165, 1.54) is 16.7 Å². The first-order chi connectivity index (χ1) is 14.1. The number of amides is 1. The molecule has 2 aromatic rings. The number of methoxy groups -OCH3 is 2. The number of aryl methyl sites for hydroxylation is 1. The van der Waals surface area contributed by atoms with Crippen LogP contribution in [0.1, 0.15) is 51.5 Å². The van der Waals surface area contributed by atoms with Crippen LogP contribution in [-0.2, 0) is 12.8 Å². The first kappa shape index (κ1) is 19.8. The van der Waals surface area contributed by atoms with Crippen LogP contribution in [-0.4, -0.2) is 44.7 Å². The lowest BCUT2D eigenvalue weighted by Gasteiger charge is -2.35. The molecule has 1 aliphatic carbocycles. The summed E-state index contributed by atoms with van der Waals surface area (Å²) in [5, 5.41) is 3.06. The number of hydrogen-bond acceptors (Lipinski definition) is 4. The Morgan fingerprint density at radius 3 is 2.83 bits per heavy atom. The summed E-state index contributed by atoms with van der Waals surface area (Å²) in [7, 11) is 3.44. The lowest BCUT2D eigenvalue weighted by molar-refractivity contribution is 0.0949. The van der Waals surface area contributed by atoms with Crippen molar-refractivity contribution in [2.75, 3.05) is 33.9 Å². The van der Waals surface area contributed by atoms with Crippen molar-refractivity contribution in [3.63, 3.8) is 0 Å². The van der Waals surface area contributed by atoms with Gasteiger partial charge in [-0.2, -0.15) is 0 Å². The first-order valence-electron chi connectivity index (χ1n) is 10.5. The van der Waals surface area contributed by atoms with E-state index < -0.39 is 0 Å². The van der Waals surface area contributed by atoms with Gasteiger partial charge in [-0.25, -0.2) is 0 Å². The third-order valence-electron chi connectivity index (χ3n) is 6.20. The molecule has 1 heterocycles. The minimum Gasteiger partial charge on any atom is -0.493 e.